The molecule has 1 N–H and O–H groups in total. The Morgan fingerprint density at radius 2 is 1.88 bits per heavy atom. The van der Waals surface area contributed by atoms with Crippen LogP contribution in [0.3, 0.4) is 0 Å². The summed E-state index contributed by atoms with van der Waals surface area (Å²) in [5.41, 5.74) is -4.36. The number of methoxy groups -OCH3 is 2. The SMILES string of the molecule is COc1cc2c(c(F)c1OC)C(=O)C(F)(CC1(F)CCNCC1)C2. The second-order valence-electron chi connectivity index (χ2n) is 6.51. The number of benzene rings is 1. The third-order valence-electron chi connectivity index (χ3n) is 4.89. The minimum Gasteiger partial charge on any atom is -0.493 e. The number of carbonyl (C=O) groups excluding carboxylic acids is 1. The van der Waals surface area contributed by atoms with Crippen LogP contribution in [0.2, 0.25) is 0 Å². The lowest BCUT2D eigenvalue weighted by Gasteiger charge is -2.34. The molecule has 1 aromatic rings. The van der Waals surface area contributed by atoms with E-state index in [-0.39, 0.29) is 41.9 Å². The molecule has 1 unspecified atom stereocenters. The average Bonchev–Trinajstić information content (AvgIpc) is 2.78. The first-order chi connectivity index (χ1) is 11.3. The highest BCUT2D eigenvalue weighted by atomic mass is 19.2. The number of alkyl halides is 2. The molecule has 1 aliphatic carbocycles. The van der Waals surface area contributed by atoms with Gasteiger partial charge in [-0.2, -0.15) is 0 Å². The number of piperidine rings is 1. The molecule has 1 heterocycles. The third kappa shape index (κ3) is 2.64. The van der Waals surface area contributed by atoms with E-state index in [1.807, 2.05) is 0 Å². The van der Waals surface area contributed by atoms with Crippen LogP contribution in [0.1, 0.15) is 35.2 Å². The Balaban J connectivity index is 1.96. The average molecular weight is 343 g/mol. The van der Waals surface area contributed by atoms with E-state index in [1.54, 1.807) is 0 Å². The third-order valence-corrected chi connectivity index (χ3v) is 4.89. The van der Waals surface area contributed by atoms with Crippen molar-refractivity contribution < 1.29 is 27.4 Å². The quantitative estimate of drug-likeness (QED) is 0.913. The largest absolute Gasteiger partial charge is 0.493 e. The van der Waals surface area contributed by atoms with Crippen molar-refractivity contribution in [2.45, 2.75) is 37.0 Å². The van der Waals surface area contributed by atoms with Crippen molar-refractivity contribution in [2.24, 2.45) is 0 Å². The van der Waals surface area contributed by atoms with Crippen LogP contribution in [0.15, 0.2) is 6.07 Å². The number of nitrogens with one attached hydrogen (secondary N) is 1. The van der Waals surface area contributed by atoms with Crippen LogP contribution in [0, 0.1) is 5.82 Å². The maximum Gasteiger partial charge on any atom is 0.203 e. The standard InChI is InChI=1S/C17H20F3NO3/c1-23-11-7-10-8-17(20,9-16(19)3-5-21-6-4-16)15(22)12(10)13(18)14(11)24-2/h7,21H,3-6,8-9H2,1-2H3. The Morgan fingerprint density at radius 1 is 1.21 bits per heavy atom. The summed E-state index contributed by atoms with van der Waals surface area (Å²) in [5.74, 6) is -2.12. The van der Waals surface area contributed by atoms with Crippen molar-refractivity contribution >= 4 is 5.78 Å². The Labute approximate surface area is 138 Å². The fourth-order valence-corrected chi connectivity index (χ4v) is 3.69. The molecule has 0 saturated carbocycles. The van der Waals surface area contributed by atoms with Crippen LogP contribution in [0.25, 0.3) is 0 Å². The van der Waals surface area contributed by atoms with Gasteiger partial charge in [-0.05, 0) is 37.6 Å². The molecule has 0 aromatic heterocycles. The molecule has 0 spiro atoms. The maximum absolute atomic E-state index is 15.3. The molecule has 24 heavy (non-hydrogen) atoms. The molecule has 132 valence electrons. The van der Waals surface area contributed by atoms with E-state index in [2.05, 4.69) is 5.32 Å². The second kappa shape index (κ2) is 5.95. The van der Waals surface area contributed by atoms with Crippen molar-refractivity contribution in [3.63, 3.8) is 0 Å². The lowest BCUT2D eigenvalue weighted by Crippen LogP contribution is -2.46. The lowest BCUT2D eigenvalue weighted by molar-refractivity contribution is 0.0246. The van der Waals surface area contributed by atoms with Crippen molar-refractivity contribution in [1.82, 2.24) is 5.32 Å². The molecular weight excluding hydrogens is 323 g/mol. The number of fused-ring (bicyclic) bond motifs is 1. The molecule has 0 radical (unpaired) electrons. The van der Waals surface area contributed by atoms with Gasteiger partial charge in [-0.15, -0.1) is 0 Å². The van der Waals surface area contributed by atoms with E-state index in [1.165, 1.54) is 20.3 Å². The minimum absolute atomic E-state index is 0.0858. The summed E-state index contributed by atoms with van der Waals surface area (Å²) in [5, 5.41) is 3.00. The summed E-state index contributed by atoms with van der Waals surface area (Å²) >= 11 is 0. The van der Waals surface area contributed by atoms with Gasteiger partial charge in [0.05, 0.1) is 19.8 Å². The fraction of sp³-hybridized carbons (Fsp3) is 0.588. The van der Waals surface area contributed by atoms with Gasteiger partial charge < -0.3 is 14.8 Å². The minimum atomic E-state index is -2.44. The molecule has 1 aliphatic heterocycles. The number of rotatable bonds is 4. The molecule has 7 heteroatoms. The Bertz CT molecular complexity index is 674. The Morgan fingerprint density at radius 3 is 2.46 bits per heavy atom. The topological polar surface area (TPSA) is 47.6 Å². The van der Waals surface area contributed by atoms with Crippen LogP contribution >= 0.6 is 0 Å². The van der Waals surface area contributed by atoms with Gasteiger partial charge in [0, 0.05) is 12.8 Å². The smallest absolute Gasteiger partial charge is 0.203 e. The number of halogens is 3. The zero-order valence-electron chi connectivity index (χ0n) is 13.7. The van der Waals surface area contributed by atoms with E-state index in [4.69, 9.17) is 9.47 Å². The number of Topliss-reactive ketones (excluding diaryl/α,β-unsaturated/α-hetero) is 1. The molecule has 2 aliphatic rings. The van der Waals surface area contributed by atoms with E-state index < -0.39 is 29.4 Å². The van der Waals surface area contributed by atoms with Gasteiger partial charge >= 0.3 is 0 Å². The van der Waals surface area contributed by atoms with E-state index in [9.17, 15) is 13.6 Å². The summed E-state index contributed by atoms with van der Waals surface area (Å²) in [6.07, 6.45) is -0.633. The van der Waals surface area contributed by atoms with Crippen LogP contribution in [-0.4, -0.2) is 44.4 Å². The van der Waals surface area contributed by atoms with Gasteiger partial charge in [0.15, 0.2) is 23.0 Å². The van der Waals surface area contributed by atoms with Crippen molar-refractivity contribution in [3.8, 4) is 11.5 Å². The van der Waals surface area contributed by atoms with Gasteiger partial charge in [0.1, 0.15) is 5.67 Å². The summed E-state index contributed by atoms with van der Waals surface area (Å²) < 4.78 is 54.8. The Kier molecular flexibility index (Phi) is 4.23. The van der Waals surface area contributed by atoms with Gasteiger partial charge in [-0.3, -0.25) is 4.79 Å². The van der Waals surface area contributed by atoms with Crippen molar-refractivity contribution in [2.75, 3.05) is 27.3 Å². The van der Waals surface area contributed by atoms with Gasteiger partial charge in [-0.1, -0.05) is 0 Å². The van der Waals surface area contributed by atoms with Crippen molar-refractivity contribution in [3.05, 3.63) is 23.0 Å². The van der Waals surface area contributed by atoms with Gasteiger partial charge in [0.25, 0.3) is 0 Å². The predicted molar refractivity (Wildman–Crippen MR) is 81.9 cm³/mol. The molecule has 4 nitrogen and oxygen atoms in total. The lowest BCUT2D eigenvalue weighted by atomic mass is 9.81. The normalized spacial score (nSPS) is 25.5. The highest BCUT2D eigenvalue weighted by Crippen LogP contribution is 2.46. The fourth-order valence-electron chi connectivity index (χ4n) is 3.69. The molecule has 1 aromatic carbocycles. The monoisotopic (exact) mass is 343 g/mol. The molecule has 1 fully saturated rings. The summed E-state index contributed by atoms with van der Waals surface area (Å²) in [6.45, 7) is 0.869. The van der Waals surface area contributed by atoms with E-state index in [0.717, 1.165) is 0 Å². The molecule has 1 atom stereocenters. The first kappa shape index (κ1) is 17.1. The summed E-state index contributed by atoms with van der Waals surface area (Å²) in [4.78, 5) is 12.5. The van der Waals surface area contributed by atoms with Gasteiger partial charge in [-0.25, -0.2) is 13.2 Å². The zero-order valence-corrected chi connectivity index (χ0v) is 13.7. The molecule has 3 rings (SSSR count). The Hall–Kier alpha value is -1.76. The second-order valence-corrected chi connectivity index (χ2v) is 6.51. The molecular formula is C17H20F3NO3. The number of carbonyl (C=O) groups is 1. The predicted octanol–water partition coefficient (Wildman–Crippen LogP) is 2.77. The number of ketones is 1. The first-order valence-corrected chi connectivity index (χ1v) is 7.90. The number of ether oxygens (including phenoxy) is 2. The van der Waals surface area contributed by atoms with Crippen molar-refractivity contribution in [1.29, 1.82) is 0 Å². The van der Waals surface area contributed by atoms with Crippen LogP contribution in [0.5, 0.6) is 11.5 Å². The number of hydrogen-bond donors (Lipinski definition) is 1. The van der Waals surface area contributed by atoms with Crippen LogP contribution in [-0.2, 0) is 6.42 Å². The van der Waals surface area contributed by atoms with Crippen LogP contribution in [0.4, 0.5) is 13.2 Å². The summed E-state index contributed by atoms with van der Waals surface area (Å²) in [7, 11) is 2.57. The first-order valence-electron chi connectivity index (χ1n) is 7.90. The van der Waals surface area contributed by atoms with E-state index >= 15 is 4.39 Å². The maximum atomic E-state index is 15.3. The summed E-state index contributed by atoms with van der Waals surface area (Å²) in [6, 6.07) is 1.39. The van der Waals surface area contributed by atoms with Gasteiger partial charge in [0.2, 0.25) is 5.78 Å². The zero-order chi connectivity index (χ0) is 17.5. The highest BCUT2D eigenvalue weighted by molar-refractivity contribution is 6.07. The molecule has 0 amide bonds. The highest BCUT2D eigenvalue weighted by Gasteiger charge is 2.53. The molecule has 1 saturated heterocycles. The molecule has 0 bridgehead atoms. The van der Waals surface area contributed by atoms with E-state index in [0.29, 0.717) is 13.1 Å². The number of hydrogen-bond acceptors (Lipinski definition) is 4. The van der Waals surface area contributed by atoms with Crippen LogP contribution < -0.4 is 14.8 Å².